The fraction of sp³-hybridized carbons (Fsp3) is 0.333. The molecule has 4 aromatic rings. The van der Waals surface area contributed by atoms with Crippen molar-refractivity contribution in [1.29, 1.82) is 0 Å². The van der Waals surface area contributed by atoms with Gasteiger partial charge in [0.25, 0.3) is 0 Å². The van der Waals surface area contributed by atoms with Gasteiger partial charge in [-0.15, -0.1) is 0 Å². The molecule has 3 aliphatic heterocycles. The highest BCUT2D eigenvalue weighted by atomic mass is 35.5. The number of benzene rings is 2. The number of aromatic carboxylic acids is 1. The van der Waals surface area contributed by atoms with Gasteiger partial charge in [0.15, 0.2) is 23.9 Å². The molecule has 5 heterocycles. The molecular formula is C36H36Cl2N4O7. The Hall–Kier alpha value is -4.58. The molecule has 3 saturated heterocycles. The molecule has 0 radical (unpaired) electrons. The van der Waals surface area contributed by atoms with Gasteiger partial charge in [0, 0.05) is 24.2 Å². The Kier molecular flexibility index (Phi) is 10.4. The molecule has 49 heavy (non-hydrogen) atoms. The lowest BCUT2D eigenvalue weighted by Crippen LogP contribution is -2.53. The highest BCUT2D eigenvalue weighted by Gasteiger charge is 2.38. The van der Waals surface area contributed by atoms with Crippen LogP contribution in [0.1, 0.15) is 51.4 Å². The highest BCUT2D eigenvalue weighted by Crippen LogP contribution is 2.39. The molecule has 0 unspecified atom stereocenters. The van der Waals surface area contributed by atoms with Gasteiger partial charge in [0.2, 0.25) is 0 Å². The summed E-state index contributed by atoms with van der Waals surface area (Å²) in [5, 5.41) is 22.7. The van der Waals surface area contributed by atoms with E-state index in [0.29, 0.717) is 56.8 Å². The van der Waals surface area contributed by atoms with Gasteiger partial charge in [-0.1, -0.05) is 47.5 Å². The van der Waals surface area contributed by atoms with Gasteiger partial charge < -0.3 is 24.5 Å². The van der Waals surface area contributed by atoms with Crippen molar-refractivity contribution in [2.75, 3.05) is 38.8 Å². The van der Waals surface area contributed by atoms with Crippen LogP contribution in [-0.4, -0.2) is 67.0 Å². The Labute approximate surface area is 294 Å². The first-order valence-electron chi connectivity index (χ1n) is 15.9. The van der Waals surface area contributed by atoms with Crippen molar-refractivity contribution in [1.82, 2.24) is 9.88 Å². The number of hydrogen-bond donors (Lipinski definition) is 1. The number of anilines is 1. The molecule has 1 amide bonds. The summed E-state index contributed by atoms with van der Waals surface area (Å²) in [5.41, 5.74) is 2.28. The lowest BCUT2D eigenvalue weighted by molar-refractivity contribution is -0.605. The van der Waals surface area contributed by atoms with E-state index >= 15 is 0 Å². The average molecular weight is 708 g/mol. The van der Waals surface area contributed by atoms with Crippen LogP contribution in [0.3, 0.4) is 0 Å². The van der Waals surface area contributed by atoms with Gasteiger partial charge in [-0.3, -0.25) is 9.80 Å². The number of ether oxygens (including phenoxy) is 3. The average Bonchev–Trinajstić information content (AvgIpc) is 3.10. The number of pyridine rings is 2. The smallest absolute Gasteiger partial charge is 0.416 e. The van der Waals surface area contributed by atoms with Crippen LogP contribution in [0.4, 0.5) is 10.6 Å². The summed E-state index contributed by atoms with van der Waals surface area (Å²) < 4.78 is 17.7. The molecule has 0 saturated carbocycles. The summed E-state index contributed by atoms with van der Waals surface area (Å²) in [4.78, 5) is 34.8. The van der Waals surface area contributed by atoms with Crippen molar-refractivity contribution in [3.63, 3.8) is 0 Å². The van der Waals surface area contributed by atoms with Gasteiger partial charge in [-0.25, -0.2) is 14.6 Å². The third-order valence-corrected chi connectivity index (χ3v) is 9.98. The van der Waals surface area contributed by atoms with E-state index in [1.807, 2.05) is 6.07 Å². The van der Waals surface area contributed by atoms with Gasteiger partial charge in [-0.05, 0) is 85.3 Å². The predicted octanol–water partition coefficient (Wildman–Crippen LogP) is 6.35. The number of piperidine rings is 3. The normalized spacial score (nSPS) is 18.8. The SMILES string of the molecule is COc1ccc([C@H](Cc2c(Cl)c[n+]([O-])cc2Cl)c2cc(CN(C(=O)O[C@H]3CN4CCC3CC4)c3ccccn3)ccc2C(=O)O)cc1OC. The van der Waals surface area contributed by atoms with E-state index in [1.54, 1.807) is 48.7 Å². The number of fused-ring (bicyclic) bond motifs is 3. The fourth-order valence-electron chi connectivity index (χ4n) is 6.77. The summed E-state index contributed by atoms with van der Waals surface area (Å²) >= 11 is 13.1. The van der Waals surface area contributed by atoms with Crippen molar-refractivity contribution in [2.24, 2.45) is 5.92 Å². The standard InChI is InChI=1S/C36H36Cl2N4O7/c1-47-31-9-7-24(16-32(31)48-2)26(17-28-29(37)19-41(46)20-30(28)38)27-15-22(6-8-25(27)35(43)44)18-42(34-5-3-4-12-39-34)36(45)49-33-21-40-13-10-23(33)11-14-40/h3-9,12,15-16,19-20,23,26,33H,10-11,13-14,17-18,21H2,1-2H3,(H,43,44)/t26-,33-/m0/s1. The third kappa shape index (κ3) is 7.54. The molecule has 1 N–H and O–H groups in total. The van der Waals surface area contributed by atoms with E-state index in [0.717, 1.165) is 25.9 Å². The number of nitrogens with zero attached hydrogens (tertiary/aromatic N) is 4. The van der Waals surface area contributed by atoms with E-state index < -0.39 is 18.0 Å². The molecular weight excluding hydrogens is 671 g/mol. The lowest BCUT2D eigenvalue weighted by Gasteiger charge is -2.44. The highest BCUT2D eigenvalue weighted by molar-refractivity contribution is 6.35. The van der Waals surface area contributed by atoms with Crippen LogP contribution in [0.5, 0.6) is 11.5 Å². The van der Waals surface area contributed by atoms with Gasteiger partial charge in [0.05, 0.1) is 26.3 Å². The zero-order valence-corrected chi connectivity index (χ0v) is 28.6. The Balaban J connectivity index is 1.41. The van der Waals surface area contributed by atoms with Gasteiger partial charge >= 0.3 is 12.1 Å². The number of carbonyl (C=O) groups is 2. The van der Waals surface area contributed by atoms with Crippen molar-refractivity contribution in [3.8, 4) is 11.5 Å². The van der Waals surface area contributed by atoms with Crippen LogP contribution in [-0.2, 0) is 17.7 Å². The molecule has 2 atom stereocenters. The van der Waals surface area contributed by atoms with Gasteiger partial charge in [-0.2, -0.15) is 4.73 Å². The topological polar surface area (TPSA) is 128 Å². The second-order valence-corrected chi connectivity index (χ2v) is 13.0. The zero-order valence-electron chi connectivity index (χ0n) is 27.1. The molecule has 2 aromatic carbocycles. The first-order chi connectivity index (χ1) is 23.6. The van der Waals surface area contributed by atoms with Crippen LogP contribution < -0.4 is 19.1 Å². The maximum atomic E-state index is 13.9. The van der Waals surface area contributed by atoms with E-state index in [4.69, 9.17) is 37.4 Å². The summed E-state index contributed by atoms with van der Waals surface area (Å²) in [7, 11) is 3.04. The summed E-state index contributed by atoms with van der Waals surface area (Å²) in [5.74, 6) is -0.118. The molecule has 256 valence electrons. The van der Waals surface area contributed by atoms with E-state index in [1.165, 1.54) is 37.6 Å². The van der Waals surface area contributed by atoms with E-state index in [9.17, 15) is 19.9 Å². The number of aromatic nitrogens is 2. The van der Waals surface area contributed by atoms with Gasteiger partial charge in [0.1, 0.15) is 22.0 Å². The quantitative estimate of drug-likeness (QED) is 0.140. The molecule has 0 aliphatic carbocycles. The number of rotatable bonds is 11. The molecule has 0 spiro atoms. The first-order valence-corrected chi connectivity index (χ1v) is 16.7. The number of halogens is 2. The number of methoxy groups -OCH3 is 2. The molecule has 3 aliphatic rings. The monoisotopic (exact) mass is 706 g/mol. The second-order valence-electron chi connectivity index (χ2n) is 12.2. The Morgan fingerprint density at radius 3 is 2.39 bits per heavy atom. The third-order valence-electron chi connectivity index (χ3n) is 9.33. The van der Waals surface area contributed by atoms with Crippen molar-refractivity contribution in [2.45, 2.75) is 37.8 Å². The zero-order chi connectivity index (χ0) is 34.7. The van der Waals surface area contributed by atoms with Crippen LogP contribution >= 0.6 is 23.2 Å². The Morgan fingerprint density at radius 1 is 1.04 bits per heavy atom. The van der Waals surface area contributed by atoms with Crippen LogP contribution in [0.25, 0.3) is 0 Å². The molecule has 13 heteroatoms. The van der Waals surface area contributed by atoms with Crippen LogP contribution in [0.15, 0.2) is 73.2 Å². The predicted molar refractivity (Wildman–Crippen MR) is 184 cm³/mol. The van der Waals surface area contributed by atoms with Crippen molar-refractivity contribution < 1.29 is 33.6 Å². The summed E-state index contributed by atoms with van der Waals surface area (Å²) in [6.07, 6.45) is 5.40. The Morgan fingerprint density at radius 2 is 1.78 bits per heavy atom. The molecule has 2 bridgehead atoms. The second kappa shape index (κ2) is 14.9. The molecule has 7 rings (SSSR count). The molecule has 3 fully saturated rings. The minimum Gasteiger partial charge on any atom is -0.619 e. The number of amides is 1. The number of hydrogen-bond acceptors (Lipinski definition) is 8. The lowest BCUT2D eigenvalue weighted by atomic mass is 9.82. The van der Waals surface area contributed by atoms with Crippen LogP contribution in [0, 0.1) is 11.1 Å². The summed E-state index contributed by atoms with van der Waals surface area (Å²) in [6, 6.07) is 15.6. The maximum absolute atomic E-state index is 13.9. The van der Waals surface area contributed by atoms with Crippen molar-refractivity contribution in [3.05, 3.63) is 116 Å². The number of carboxylic acid groups (broad SMARTS) is 1. The first kappa shape index (κ1) is 34.3. The minimum absolute atomic E-state index is 0.0462. The minimum atomic E-state index is -1.14. The number of carboxylic acids is 1. The summed E-state index contributed by atoms with van der Waals surface area (Å²) in [6.45, 7) is 2.79. The molecule has 2 aromatic heterocycles. The van der Waals surface area contributed by atoms with E-state index in [2.05, 4.69) is 9.88 Å². The van der Waals surface area contributed by atoms with Crippen molar-refractivity contribution >= 4 is 41.1 Å². The maximum Gasteiger partial charge on any atom is 0.416 e. The van der Waals surface area contributed by atoms with E-state index in [-0.39, 0.29) is 34.7 Å². The largest absolute Gasteiger partial charge is 0.619 e. The Bertz CT molecular complexity index is 1810. The van der Waals surface area contributed by atoms with Crippen LogP contribution in [0.2, 0.25) is 10.0 Å². The number of carbonyl (C=O) groups excluding carboxylic acids is 1. The molecule has 11 nitrogen and oxygen atoms in total. The fourth-order valence-corrected chi connectivity index (χ4v) is 7.37.